The van der Waals surface area contributed by atoms with Crippen LogP contribution < -0.4 is 0 Å². The van der Waals surface area contributed by atoms with Crippen molar-refractivity contribution in [3.8, 4) is 0 Å². The minimum absolute atomic E-state index is 0.231. The van der Waals surface area contributed by atoms with Gasteiger partial charge in [-0.3, -0.25) is 4.79 Å². The summed E-state index contributed by atoms with van der Waals surface area (Å²) in [7, 11) is -3.28. The first-order valence-electron chi connectivity index (χ1n) is 7.28. The number of carbonyl (C=O) groups is 1. The molecule has 0 aliphatic heterocycles. The number of rotatable bonds is 5. The van der Waals surface area contributed by atoms with Gasteiger partial charge in [0.05, 0.1) is 27.7 Å². The first kappa shape index (κ1) is 20.0. The fourth-order valence-corrected chi connectivity index (χ4v) is 5.01. The summed E-state index contributed by atoms with van der Waals surface area (Å²) in [5, 5.41) is 10.9. The predicted octanol–water partition coefficient (Wildman–Crippen LogP) is 3.30. The van der Waals surface area contributed by atoms with Crippen molar-refractivity contribution < 1.29 is 36.2 Å². The summed E-state index contributed by atoms with van der Waals surface area (Å²) in [6, 6.07) is 2.13. The van der Waals surface area contributed by atoms with Gasteiger partial charge in [-0.2, -0.15) is 13.2 Å². The fourth-order valence-electron chi connectivity index (χ4n) is 3.01. The molecular formula is C14H14F3N3O5S. The van der Waals surface area contributed by atoms with Crippen LogP contribution in [0.5, 0.6) is 0 Å². The Morgan fingerprint density at radius 2 is 2.04 bits per heavy atom. The lowest BCUT2D eigenvalue weighted by molar-refractivity contribution is -0.145. The first-order valence-corrected chi connectivity index (χ1v) is 8.82. The van der Waals surface area contributed by atoms with Gasteiger partial charge in [-0.05, 0) is 30.5 Å². The van der Waals surface area contributed by atoms with Crippen LogP contribution in [0.3, 0.4) is 0 Å². The number of benzene rings is 1. The van der Waals surface area contributed by atoms with Crippen LogP contribution in [0.1, 0.15) is 18.4 Å². The number of methoxy groups -OCH3 is 1. The van der Waals surface area contributed by atoms with Gasteiger partial charge < -0.3 is 9.84 Å². The lowest BCUT2D eigenvalue weighted by atomic mass is 10.1. The van der Waals surface area contributed by atoms with E-state index in [0.29, 0.717) is 6.07 Å². The number of alkyl halides is 3. The molecule has 0 unspecified atom stereocenters. The summed E-state index contributed by atoms with van der Waals surface area (Å²) in [6.07, 6.45) is -6.50. The molecular weight excluding hydrogens is 379 g/mol. The predicted molar refractivity (Wildman–Crippen MR) is 82.4 cm³/mol. The van der Waals surface area contributed by atoms with E-state index >= 15 is 0 Å². The number of nitrogens with zero attached hydrogens (tertiary/aromatic N) is 3. The highest BCUT2D eigenvalue weighted by Crippen LogP contribution is 2.41. The second kappa shape index (κ2) is 7.14. The molecule has 3 atom stereocenters. The zero-order valence-corrected chi connectivity index (χ0v) is 14.2. The molecule has 0 spiro atoms. The maximum Gasteiger partial charge on any atom is 0.417 e. The molecule has 12 heteroatoms. The Kier molecular flexibility index (Phi) is 5.49. The number of azide groups is 1. The molecule has 0 radical (unpaired) electrons. The molecule has 0 aromatic heterocycles. The van der Waals surface area contributed by atoms with E-state index in [-0.39, 0.29) is 18.5 Å². The van der Waals surface area contributed by atoms with Crippen LogP contribution in [0.2, 0.25) is 0 Å². The molecule has 142 valence electrons. The summed E-state index contributed by atoms with van der Waals surface area (Å²) in [4.78, 5) is 12.6. The quantitative estimate of drug-likeness (QED) is 0.466. The summed E-state index contributed by atoms with van der Waals surface area (Å²) in [5.41, 5.74) is 6.49. The average molecular weight is 393 g/mol. The van der Waals surface area contributed by atoms with E-state index < -0.39 is 49.7 Å². The molecule has 1 N–H and O–H groups in total. The maximum absolute atomic E-state index is 13.3. The van der Waals surface area contributed by atoms with Crippen molar-refractivity contribution >= 4 is 21.5 Å². The normalized spacial score (nSPS) is 23.5. The number of sulfone groups is 1. The fraction of sp³-hybridized carbons (Fsp3) is 0.500. The average Bonchev–Trinajstić information content (AvgIpc) is 2.99. The van der Waals surface area contributed by atoms with Crippen molar-refractivity contribution in [3.63, 3.8) is 0 Å². The van der Waals surface area contributed by atoms with E-state index in [9.17, 15) is 26.4 Å². The number of hydrogen-bond acceptors (Lipinski definition) is 5. The number of carboxylic acid groups (broad SMARTS) is 1. The van der Waals surface area contributed by atoms with Gasteiger partial charge in [-0.15, -0.1) is 0 Å². The molecule has 8 nitrogen and oxygen atoms in total. The van der Waals surface area contributed by atoms with Crippen LogP contribution in [-0.4, -0.2) is 38.0 Å². The number of hydrogen-bond donors (Lipinski definition) is 1. The highest BCUT2D eigenvalue weighted by atomic mass is 32.2. The molecule has 1 aliphatic rings. The van der Waals surface area contributed by atoms with Crippen LogP contribution in [0.4, 0.5) is 18.9 Å². The minimum atomic E-state index is -5.01. The Morgan fingerprint density at radius 3 is 2.50 bits per heavy atom. The van der Waals surface area contributed by atoms with E-state index in [1.807, 2.05) is 0 Å². The molecule has 1 saturated carbocycles. The van der Waals surface area contributed by atoms with Crippen molar-refractivity contribution in [2.45, 2.75) is 35.3 Å². The van der Waals surface area contributed by atoms with Gasteiger partial charge >= 0.3 is 12.1 Å². The molecule has 2 rings (SSSR count). The van der Waals surface area contributed by atoms with Crippen molar-refractivity contribution in [3.05, 3.63) is 34.2 Å². The smallest absolute Gasteiger partial charge is 0.417 e. The van der Waals surface area contributed by atoms with Crippen molar-refractivity contribution in [1.29, 1.82) is 0 Å². The Balaban J connectivity index is 2.53. The van der Waals surface area contributed by atoms with Gasteiger partial charge in [0.1, 0.15) is 0 Å². The Labute approximate surface area is 146 Å². The van der Waals surface area contributed by atoms with Crippen LogP contribution in [0.25, 0.3) is 10.4 Å². The molecule has 0 saturated heterocycles. The number of ether oxygens (including phenoxy) is 1. The molecule has 26 heavy (non-hydrogen) atoms. The molecule has 0 amide bonds. The van der Waals surface area contributed by atoms with Crippen LogP contribution in [-0.2, 0) is 25.5 Å². The van der Waals surface area contributed by atoms with Crippen molar-refractivity contribution in [1.82, 2.24) is 0 Å². The first-order chi connectivity index (χ1) is 12.0. The summed E-state index contributed by atoms with van der Waals surface area (Å²) in [5.74, 6) is -2.40. The maximum atomic E-state index is 13.3. The summed E-state index contributed by atoms with van der Waals surface area (Å²) < 4.78 is 70.4. The topological polar surface area (TPSA) is 129 Å². The molecule has 0 heterocycles. The van der Waals surface area contributed by atoms with Crippen LogP contribution in [0.15, 0.2) is 28.2 Å². The van der Waals surface area contributed by atoms with Crippen molar-refractivity contribution in [2.75, 3.05) is 7.11 Å². The lowest BCUT2D eigenvalue weighted by Crippen LogP contribution is -2.24. The SMILES string of the molecule is CO[C@H]1C[C@@H](S(=O)(=O)c2ccc(N=[N+]=[N-])cc2C(F)(F)F)C[C@@H]1C(=O)O. The highest BCUT2D eigenvalue weighted by molar-refractivity contribution is 7.92. The number of carboxylic acids is 1. The zero-order chi connectivity index (χ0) is 19.7. The second-order valence-corrected chi connectivity index (χ2v) is 7.92. The largest absolute Gasteiger partial charge is 0.481 e. The summed E-state index contributed by atoms with van der Waals surface area (Å²) >= 11 is 0. The Bertz CT molecular complexity index is 865. The van der Waals surface area contributed by atoms with Crippen LogP contribution in [0, 0.1) is 5.92 Å². The van der Waals surface area contributed by atoms with E-state index in [1.165, 1.54) is 7.11 Å². The number of halogens is 3. The van der Waals surface area contributed by atoms with Gasteiger partial charge in [0.2, 0.25) is 0 Å². The lowest BCUT2D eigenvalue weighted by Gasteiger charge is -2.17. The summed E-state index contributed by atoms with van der Waals surface area (Å²) in [6.45, 7) is 0. The number of aliphatic carboxylic acids is 1. The third kappa shape index (κ3) is 3.76. The van der Waals surface area contributed by atoms with Crippen LogP contribution >= 0.6 is 0 Å². The van der Waals surface area contributed by atoms with Gasteiger partial charge in [-0.1, -0.05) is 11.2 Å². The van der Waals surface area contributed by atoms with Gasteiger partial charge in [0.25, 0.3) is 0 Å². The Morgan fingerprint density at radius 1 is 1.38 bits per heavy atom. The van der Waals surface area contributed by atoms with E-state index in [2.05, 4.69) is 10.0 Å². The molecule has 1 aromatic carbocycles. The molecule has 1 fully saturated rings. The van der Waals surface area contributed by atoms with Crippen molar-refractivity contribution in [2.24, 2.45) is 11.0 Å². The van der Waals surface area contributed by atoms with Gasteiger partial charge in [0.15, 0.2) is 9.84 Å². The van der Waals surface area contributed by atoms with E-state index in [0.717, 1.165) is 12.1 Å². The standard InChI is InChI=1S/C14H14F3N3O5S/c1-25-11-6-8(5-9(11)13(21)22)26(23,24)12-3-2-7(19-20-18)4-10(12)14(15,16)17/h2-4,8-9,11H,5-6H2,1H3,(H,21,22)/t8-,9-,11-/m0/s1. The molecule has 1 aliphatic carbocycles. The van der Waals surface area contributed by atoms with Gasteiger partial charge in [-0.25, -0.2) is 8.42 Å². The third-order valence-electron chi connectivity index (χ3n) is 4.25. The minimum Gasteiger partial charge on any atom is -0.481 e. The second-order valence-electron chi connectivity index (χ2n) is 5.72. The van der Waals surface area contributed by atoms with E-state index in [4.69, 9.17) is 15.4 Å². The Hall–Kier alpha value is -2.30. The monoisotopic (exact) mass is 393 g/mol. The van der Waals surface area contributed by atoms with E-state index in [1.54, 1.807) is 0 Å². The molecule has 0 bridgehead atoms. The van der Waals surface area contributed by atoms with Gasteiger partial charge in [0, 0.05) is 17.7 Å². The highest BCUT2D eigenvalue weighted by Gasteiger charge is 2.47. The third-order valence-corrected chi connectivity index (χ3v) is 6.49. The zero-order valence-electron chi connectivity index (χ0n) is 13.3. The molecule has 1 aromatic rings.